The topological polar surface area (TPSA) is 52.3 Å². The highest BCUT2D eigenvalue weighted by Gasteiger charge is 2.09. The molecule has 76 valence electrons. The Labute approximate surface area is 89.2 Å². The van der Waals surface area contributed by atoms with Crippen LogP contribution in [-0.4, -0.2) is 6.09 Å². The average Bonchev–Trinajstić information content (AvgIpc) is 2.01. The minimum Gasteiger partial charge on any atom is -0.410 e. The zero-order chi connectivity index (χ0) is 10.7. The Bertz CT molecular complexity index is 355. The second-order valence-electron chi connectivity index (χ2n) is 2.72. The zero-order valence-corrected chi connectivity index (χ0v) is 9.05. The summed E-state index contributed by atoms with van der Waals surface area (Å²) in [5.41, 5.74) is 5.28. The molecule has 0 saturated carbocycles. The first-order valence-corrected chi connectivity index (χ1v) is 4.83. The van der Waals surface area contributed by atoms with Gasteiger partial charge in [-0.05, 0) is 13.0 Å². The molecule has 2 N–H and O–H groups in total. The van der Waals surface area contributed by atoms with Crippen LogP contribution in [0.25, 0.3) is 0 Å². The number of ether oxygens (including phenoxy) is 1. The molecular weight excluding hydrogens is 253 g/mol. The average molecular weight is 262 g/mol. The van der Waals surface area contributed by atoms with E-state index >= 15 is 0 Å². The molecule has 1 aromatic rings. The van der Waals surface area contributed by atoms with Gasteiger partial charge < -0.3 is 10.5 Å². The molecule has 1 aromatic carbocycles. The van der Waals surface area contributed by atoms with Gasteiger partial charge in [-0.1, -0.05) is 22.0 Å². The van der Waals surface area contributed by atoms with Crippen molar-refractivity contribution in [3.63, 3.8) is 0 Å². The van der Waals surface area contributed by atoms with E-state index in [1.807, 2.05) is 0 Å². The van der Waals surface area contributed by atoms with Gasteiger partial charge in [0.05, 0.1) is 0 Å². The van der Waals surface area contributed by atoms with E-state index in [9.17, 15) is 9.18 Å². The van der Waals surface area contributed by atoms with Gasteiger partial charge in [0.15, 0.2) is 0 Å². The molecule has 14 heavy (non-hydrogen) atoms. The third-order valence-electron chi connectivity index (χ3n) is 1.62. The number of alkyl halides is 1. The normalized spacial score (nSPS) is 12.2. The lowest BCUT2D eigenvalue weighted by Gasteiger charge is -2.06. The summed E-state index contributed by atoms with van der Waals surface area (Å²) in [5.74, 6) is -0.333. The molecule has 0 fully saturated rings. The van der Waals surface area contributed by atoms with E-state index in [4.69, 9.17) is 5.73 Å². The molecule has 0 spiro atoms. The zero-order valence-electron chi connectivity index (χ0n) is 7.46. The van der Waals surface area contributed by atoms with Gasteiger partial charge in [-0.15, -0.1) is 0 Å². The first kappa shape index (κ1) is 11.0. The van der Waals surface area contributed by atoms with E-state index < -0.39 is 11.9 Å². The van der Waals surface area contributed by atoms with Crippen LogP contribution in [0.4, 0.5) is 9.18 Å². The Hall–Kier alpha value is -1.10. The van der Waals surface area contributed by atoms with Crippen molar-refractivity contribution in [2.45, 2.75) is 11.8 Å². The Kier molecular flexibility index (Phi) is 3.46. The molecule has 1 atom stereocenters. The molecule has 1 amide bonds. The lowest BCUT2D eigenvalue weighted by atomic mass is 10.1. The summed E-state index contributed by atoms with van der Waals surface area (Å²) in [6, 6.07) is 4.14. The number of halogens is 2. The van der Waals surface area contributed by atoms with E-state index in [1.165, 1.54) is 12.1 Å². The SMILES string of the molecule is CC(Br)c1ccc(OC(N)=O)cc1F. The smallest absolute Gasteiger partial charge is 0.409 e. The number of benzene rings is 1. The molecular formula is C9H9BrFNO2. The lowest BCUT2D eigenvalue weighted by Crippen LogP contribution is -2.16. The third kappa shape index (κ3) is 2.70. The number of nitrogens with two attached hydrogens (primary N) is 1. The predicted molar refractivity (Wildman–Crippen MR) is 54.0 cm³/mol. The molecule has 1 rings (SSSR count). The van der Waals surface area contributed by atoms with Gasteiger partial charge in [0, 0.05) is 16.5 Å². The molecule has 0 aliphatic heterocycles. The number of rotatable bonds is 2. The van der Waals surface area contributed by atoms with Crippen molar-refractivity contribution in [2.24, 2.45) is 5.73 Å². The fourth-order valence-corrected chi connectivity index (χ4v) is 1.38. The van der Waals surface area contributed by atoms with Crippen molar-refractivity contribution in [1.29, 1.82) is 0 Å². The fraction of sp³-hybridized carbons (Fsp3) is 0.222. The molecule has 0 radical (unpaired) electrons. The molecule has 0 aromatic heterocycles. The Morgan fingerprint density at radius 1 is 1.64 bits per heavy atom. The molecule has 0 aliphatic rings. The highest BCUT2D eigenvalue weighted by Crippen LogP contribution is 2.26. The Morgan fingerprint density at radius 3 is 2.71 bits per heavy atom. The second-order valence-corrected chi connectivity index (χ2v) is 4.09. The van der Waals surface area contributed by atoms with Crippen LogP contribution in [-0.2, 0) is 0 Å². The van der Waals surface area contributed by atoms with Crippen LogP contribution in [0.3, 0.4) is 0 Å². The van der Waals surface area contributed by atoms with Gasteiger partial charge in [0.1, 0.15) is 11.6 Å². The summed E-state index contributed by atoms with van der Waals surface area (Å²) in [7, 11) is 0. The van der Waals surface area contributed by atoms with Crippen molar-refractivity contribution in [1.82, 2.24) is 0 Å². The summed E-state index contributed by atoms with van der Waals surface area (Å²) in [6.45, 7) is 1.80. The van der Waals surface area contributed by atoms with Gasteiger partial charge in [0.25, 0.3) is 0 Å². The maximum atomic E-state index is 13.3. The summed E-state index contributed by atoms with van der Waals surface area (Å²) < 4.78 is 17.8. The largest absolute Gasteiger partial charge is 0.410 e. The molecule has 0 heterocycles. The number of hydrogen-bond donors (Lipinski definition) is 1. The summed E-state index contributed by atoms with van der Waals surface area (Å²) in [5, 5.41) is 0. The molecule has 0 saturated heterocycles. The second kappa shape index (κ2) is 4.41. The van der Waals surface area contributed by atoms with Crippen molar-refractivity contribution in [2.75, 3.05) is 0 Å². The molecule has 1 unspecified atom stereocenters. The number of carbonyl (C=O) groups is 1. The molecule has 3 nitrogen and oxygen atoms in total. The van der Waals surface area contributed by atoms with Crippen LogP contribution >= 0.6 is 15.9 Å². The van der Waals surface area contributed by atoms with Crippen molar-refractivity contribution in [3.8, 4) is 5.75 Å². The first-order valence-electron chi connectivity index (χ1n) is 3.91. The monoisotopic (exact) mass is 261 g/mol. The van der Waals surface area contributed by atoms with Crippen LogP contribution in [0.5, 0.6) is 5.75 Å². The van der Waals surface area contributed by atoms with Gasteiger partial charge in [-0.3, -0.25) is 0 Å². The maximum absolute atomic E-state index is 13.3. The third-order valence-corrected chi connectivity index (χ3v) is 2.11. The van der Waals surface area contributed by atoms with Crippen molar-refractivity contribution >= 4 is 22.0 Å². The highest BCUT2D eigenvalue weighted by atomic mass is 79.9. The maximum Gasteiger partial charge on any atom is 0.409 e. The van der Waals surface area contributed by atoms with Crippen LogP contribution in [0, 0.1) is 5.82 Å². The minimum absolute atomic E-state index is 0.0925. The van der Waals surface area contributed by atoms with Crippen LogP contribution in [0.2, 0.25) is 0 Å². The van der Waals surface area contributed by atoms with Crippen LogP contribution < -0.4 is 10.5 Å². The Morgan fingerprint density at radius 2 is 2.29 bits per heavy atom. The molecule has 0 bridgehead atoms. The molecule has 5 heteroatoms. The van der Waals surface area contributed by atoms with Crippen molar-refractivity contribution in [3.05, 3.63) is 29.6 Å². The van der Waals surface area contributed by atoms with Gasteiger partial charge in [-0.2, -0.15) is 0 Å². The van der Waals surface area contributed by atoms with Gasteiger partial charge in [-0.25, -0.2) is 9.18 Å². The number of hydrogen-bond acceptors (Lipinski definition) is 2. The quantitative estimate of drug-likeness (QED) is 0.833. The standard InChI is InChI=1S/C9H9BrFNO2/c1-5(10)7-3-2-6(4-8(7)11)14-9(12)13/h2-5H,1H3,(H2,12,13). The summed E-state index contributed by atoms with van der Waals surface area (Å²) in [4.78, 5) is 10.3. The van der Waals surface area contributed by atoms with Crippen LogP contribution in [0.15, 0.2) is 18.2 Å². The predicted octanol–water partition coefficient (Wildman–Crippen LogP) is 2.74. The first-order chi connectivity index (χ1) is 6.50. The fourth-order valence-electron chi connectivity index (χ4n) is 1.01. The van der Waals surface area contributed by atoms with E-state index in [1.54, 1.807) is 6.92 Å². The number of primary amides is 1. The van der Waals surface area contributed by atoms with Crippen LogP contribution in [0.1, 0.15) is 17.3 Å². The van der Waals surface area contributed by atoms with Gasteiger partial charge >= 0.3 is 6.09 Å². The highest BCUT2D eigenvalue weighted by molar-refractivity contribution is 9.09. The number of amides is 1. The molecule has 0 aliphatic carbocycles. The van der Waals surface area contributed by atoms with Gasteiger partial charge in [0.2, 0.25) is 0 Å². The minimum atomic E-state index is -0.955. The number of carbonyl (C=O) groups excluding carboxylic acids is 1. The summed E-state index contributed by atoms with van der Waals surface area (Å²) >= 11 is 3.24. The lowest BCUT2D eigenvalue weighted by molar-refractivity contribution is 0.210. The van der Waals surface area contributed by atoms with E-state index in [0.717, 1.165) is 6.07 Å². The van der Waals surface area contributed by atoms with Crippen molar-refractivity contribution < 1.29 is 13.9 Å². The van der Waals surface area contributed by atoms with E-state index in [-0.39, 0.29) is 10.6 Å². The van der Waals surface area contributed by atoms with E-state index in [0.29, 0.717) is 5.56 Å². The van der Waals surface area contributed by atoms with E-state index in [2.05, 4.69) is 20.7 Å². The Balaban J connectivity index is 2.94. The summed E-state index contributed by atoms with van der Waals surface area (Å²) in [6.07, 6.45) is -0.955.